The van der Waals surface area contributed by atoms with Gasteiger partial charge in [-0.25, -0.2) is 0 Å². The summed E-state index contributed by atoms with van der Waals surface area (Å²) >= 11 is 0. The van der Waals surface area contributed by atoms with E-state index in [1.165, 1.54) is 61.0 Å². The van der Waals surface area contributed by atoms with E-state index in [0.29, 0.717) is 12.1 Å². The molecule has 0 radical (unpaired) electrons. The Morgan fingerprint density at radius 2 is 1.64 bits per heavy atom. The molecule has 3 aliphatic heterocycles. The van der Waals surface area contributed by atoms with Crippen LogP contribution >= 0.6 is 0 Å². The van der Waals surface area contributed by atoms with Crippen molar-refractivity contribution in [1.82, 2.24) is 10.2 Å². The molecule has 4 atom stereocenters. The maximum Gasteiger partial charge on any atom is 0.161 e. The van der Waals surface area contributed by atoms with E-state index in [1.54, 1.807) is 25.3 Å². The van der Waals surface area contributed by atoms with Crippen LogP contribution in [0, 0.1) is 25.7 Å². The second-order valence-electron chi connectivity index (χ2n) is 10.5. The quantitative estimate of drug-likeness (QED) is 0.651. The van der Waals surface area contributed by atoms with E-state index in [-0.39, 0.29) is 0 Å². The zero-order chi connectivity index (χ0) is 23.1. The molecular formula is C29H40N2O2. The molecule has 0 saturated carbocycles. The maximum absolute atomic E-state index is 5.65. The van der Waals surface area contributed by atoms with Gasteiger partial charge in [-0.2, -0.15) is 0 Å². The van der Waals surface area contributed by atoms with E-state index >= 15 is 0 Å². The molecule has 4 unspecified atom stereocenters. The number of methoxy groups -OCH3 is 2. The summed E-state index contributed by atoms with van der Waals surface area (Å²) in [6.45, 7) is 10.4. The molecule has 0 aromatic heterocycles. The number of benzene rings is 2. The third-order valence-corrected chi connectivity index (χ3v) is 8.75. The molecule has 4 nitrogen and oxygen atoms in total. The monoisotopic (exact) mass is 448 g/mol. The summed E-state index contributed by atoms with van der Waals surface area (Å²) in [5, 5.41) is 3.85. The number of aryl methyl sites for hydroxylation is 2. The fourth-order valence-electron chi connectivity index (χ4n) is 6.70. The van der Waals surface area contributed by atoms with Gasteiger partial charge in [-0.15, -0.1) is 0 Å². The number of hydrogen-bond acceptors (Lipinski definition) is 4. The van der Waals surface area contributed by atoms with E-state index in [9.17, 15) is 0 Å². The van der Waals surface area contributed by atoms with Crippen molar-refractivity contribution in [2.24, 2.45) is 11.8 Å². The highest BCUT2D eigenvalue weighted by Crippen LogP contribution is 2.46. The molecule has 5 rings (SSSR count). The first-order valence-corrected chi connectivity index (χ1v) is 12.8. The Bertz CT molecular complexity index is 1020. The van der Waals surface area contributed by atoms with Crippen molar-refractivity contribution >= 4 is 0 Å². The molecule has 33 heavy (non-hydrogen) atoms. The van der Waals surface area contributed by atoms with Crippen LogP contribution in [0.15, 0.2) is 24.3 Å². The number of nitrogens with zero attached hydrogens (tertiary/aromatic N) is 1. The van der Waals surface area contributed by atoms with Gasteiger partial charge in [0.15, 0.2) is 11.5 Å². The molecule has 4 heteroatoms. The Morgan fingerprint density at radius 3 is 2.39 bits per heavy atom. The topological polar surface area (TPSA) is 33.7 Å². The molecule has 1 fully saturated rings. The van der Waals surface area contributed by atoms with Gasteiger partial charge in [-0.1, -0.05) is 25.5 Å². The summed E-state index contributed by atoms with van der Waals surface area (Å²) in [7, 11) is 3.47. The lowest BCUT2D eigenvalue weighted by Crippen LogP contribution is -2.46. The standard InChI is InChI=1S/C29H40N2O2/c1-6-20-17-31-10-8-22-11-18(2)19(3)12-25(22)27(31)14-23(20)13-26-24-16-29(33-5)28(32-4)15-21(24)7-9-30-26/h11-12,15-16,20,23,26-27,30H,6-10,13-14,17H2,1-5H3. The molecule has 0 bridgehead atoms. The van der Waals surface area contributed by atoms with Crippen molar-refractivity contribution < 1.29 is 9.47 Å². The van der Waals surface area contributed by atoms with Crippen molar-refractivity contribution in [3.8, 4) is 11.5 Å². The Balaban J connectivity index is 1.42. The largest absolute Gasteiger partial charge is 0.493 e. The van der Waals surface area contributed by atoms with E-state index < -0.39 is 0 Å². The Kier molecular flexibility index (Phi) is 6.41. The molecular weight excluding hydrogens is 408 g/mol. The normalized spacial score (nSPS) is 26.8. The summed E-state index contributed by atoms with van der Waals surface area (Å²) in [5.74, 6) is 3.18. The Morgan fingerprint density at radius 1 is 0.909 bits per heavy atom. The van der Waals surface area contributed by atoms with Crippen molar-refractivity contribution in [3.63, 3.8) is 0 Å². The highest BCUT2D eigenvalue weighted by Gasteiger charge is 2.39. The molecule has 178 valence electrons. The summed E-state index contributed by atoms with van der Waals surface area (Å²) < 4.78 is 11.2. The van der Waals surface area contributed by atoms with Crippen LogP contribution < -0.4 is 14.8 Å². The summed E-state index contributed by atoms with van der Waals surface area (Å²) in [6, 6.07) is 10.3. The molecule has 2 aromatic carbocycles. The van der Waals surface area contributed by atoms with Gasteiger partial charge in [-0.3, -0.25) is 4.90 Å². The summed E-state index contributed by atoms with van der Waals surface area (Å²) in [6.07, 6.45) is 5.99. The molecule has 3 heterocycles. The van der Waals surface area contributed by atoms with Crippen LogP contribution in [-0.2, 0) is 12.8 Å². The van der Waals surface area contributed by atoms with E-state index in [0.717, 1.165) is 36.3 Å². The van der Waals surface area contributed by atoms with Gasteiger partial charge in [0.05, 0.1) is 14.2 Å². The van der Waals surface area contributed by atoms with Crippen molar-refractivity contribution in [1.29, 1.82) is 0 Å². The fourth-order valence-corrected chi connectivity index (χ4v) is 6.70. The van der Waals surface area contributed by atoms with Gasteiger partial charge in [0.25, 0.3) is 0 Å². The summed E-state index contributed by atoms with van der Waals surface area (Å²) in [4.78, 5) is 2.79. The predicted molar refractivity (Wildman–Crippen MR) is 134 cm³/mol. The van der Waals surface area contributed by atoms with E-state index in [2.05, 4.69) is 55.3 Å². The van der Waals surface area contributed by atoms with Crippen molar-refractivity contribution in [2.75, 3.05) is 33.9 Å². The van der Waals surface area contributed by atoms with E-state index in [4.69, 9.17) is 9.47 Å². The lowest BCUT2D eigenvalue weighted by molar-refractivity contribution is 0.0436. The summed E-state index contributed by atoms with van der Waals surface area (Å²) in [5.41, 5.74) is 8.89. The minimum absolute atomic E-state index is 0.391. The second-order valence-corrected chi connectivity index (χ2v) is 10.5. The highest BCUT2D eigenvalue weighted by atomic mass is 16.5. The average molecular weight is 449 g/mol. The zero-order valence-electron chi connectivity index (χ0n) is 21.0. The number of ether oxygens (including phenoxy) is 2. The maximum atomic E-state index is 5.65. The van der Waals surface area contributed by atoms with Crippen LogP contribution in [0.25, 0.3) is 0 Å². The highest BCUT2D eigenvalue weighted by molar-refractivity contribution is 5.49. The molecule has 2 aromatic rings. The molecule has 1 N–H and O–H groups in total. The fraction of sp³-hybridized carbons (Fsp3) is 0.586. The van der Waals surface area contributed by atoms with Crippen LogP contribution in [0.2, 0.25) is 0 Å². The second kappa shape index (κ2) is 9.31. The third kappa shape index (κ3) is 4.17. The number of nitrogens with one attached hydrogen (secondary N) is 1. The van der Waals surface area contributed by atoms with Gasteiger partial charge in [0.1, 0.15) is 0 Å². The molecule has 1 saturated heterocycles. The van der Waals surface area contributed by atoms with Crippen LogP contribution in [0.1, 0.15) is 71.7 Å². The lowest BCUT2D eigenvalue weighted by atomic mass is 9.72. The number of piperidine rings is 1. The predicted octanol–water partition coefficient (Wildman–Crippen LogP) is 5.54. The van der Waals surface area contributed by atoms with Crippen LogP contribution in [0.3, 0.4) is 0 Å². The van der Waals surface area contributed by atoms with Crippen LogP contribution in [-0.4, -0.2) is 38.8 Å². The smallest absolute Gasteiger partial charge is 0.161 e. The average Bonchev–Trinajstić information content (AvgIpc) is 2.83. The first kappa shape index (κ1) is 22.7. The van der Waals surface area contributed by atoms with Crippen LogP contribution in [0.5, 0.6) is 11.5 Å². The van der Waals surface area contributed by atoms with Gasteiger partial charge in [0.2, 0.25) is 0 Å². The van der Waals surface area contributed by atoms with Gasteiger partial charge in [-0.05, 0) is 103 Å². The van der Waals surface area contributed by atoms with Crippen LogP contribution in [0.4, 0.5) is 0 Å². The number of fused-ring (bicyclic) bond motifs is 4. The van der Waals surface area contributed by atoms with Gasteiger partial charge >= 0.3 is 0 Å². The Hall–Kier alpha value is -2.04. The SMILES string of the molecule is CCC1CN2CCc3cc(C)c(C)cc3C2CC1CC1NCCc2cc(OC)c(OC)cc21. The van der Waals surface area contributed by atoms with Crippen molar-refractivity contribution in [3.05, 3.63) is 57.6 Å². The van der Waals surface area contributed by atoms with Crippen molar-refractivity contribution in [2.45, 2.75) is 65.0 Å². The lowest BCUT2D eigenvalue weighted by Gasteiger charge is -2.48. The third-order valence-electron chi connectivity index (χ3n) is 8.75. The van der Waals surface area contributed by atoms with Gasteiger partial charge < -0.3 is 14.8 Å². The molecule has 0 spiro atoms. The van der Waals surface area contributed by atoms with Gasteiger partial charge in [0, 0.05) is 25.2 Å². The number of hydrogen-bond donors (Lipinski definition) is 1. The number of rotatable bonds is 5. The van der Waals surface area contributed by atoms with E-state index in [1.807, 2.05) is 0 Å². The Labute approximate surface area is 199 Å². The first-order valence-electron chi connectivity index (χ1n) is 12.8. The molecule has 0 amide bonds. The first-order chi connectivity index (χ1) is 16.0. The molecule has 3 aliphatic rings. The zero-order valence-corrected chi connectivity index (χ0v) is 21.0. The molecule has 0 aliphatic carbocycles. The minimum atomic E-state index is 0.391. The minimum Gasteiger partial charge on any atom is -0.493 e.